The van der Waals surface area contributed by atoms with Gasteiger partial charge in [0.1, 0.15) is 17.5 Å². The molecule has 0 unspecified atom stereocenters. The predicted octanol–water partition coefficient (Wildman–Crippen LogP) is 0.454. The molecular formula is C11H19N5OS. The van der Waals surface area contributed by atoms with Gasteiger partial charge in [0.2, 0.25) is 0 Å². The lowest BCUT2D eigenvalue weighted by atomic mass is 10.2. The van der Waals surface area contributed by atoms with E-state index in [1.165, 1.54) is 0 Å². The van der Waals surface area contributed by atoms with E-state index < -0.39 is 10.8 Å². The Labute approximate surface area is 109 Å². The van der Waals surface area contributed by atoms with Crippen LogP contribution in [0.3, 0.4) is 0 Å². The van der Waals surface area contributed by atoms with Gasteiger partial charge in [0.25, 0.3) is 0 Å². The number of hydrazine groups is 1. The van der Waals surface area contributed by atoms with Crippen LogP contribution in [0.25, 0.3) is 0 Å². The Morgan fingerprint density at radius 2 is 2.06 bits per heavy atom. The van der Waals surface area contributed by atoms with Crippen molar-refractivity contribution in [3.05, 3.63) is 11.9 Å². The molecule has 1 aromatic heterocycles. The van der Waals surface area contributed by atoms with Crippen molar-refractivity contribution in [2.75, 3.05) is 34.9 Å². The number of anilines is 2. The normalized spacial score (nSPS) is 17.2. The summed E-state index contributed by atoms with van der Waals surface area (Å²) in [7, 11) is -0.681. The minimum Gasteiger partial charge on any atom is -0.355 e. The van der Waals surface area contributed by atoms with E-state index in [4.69, 9.17) is 5.84 Å². The molecule has 0 saturated carbocycles. The van der Waals surface area contributed by atoms with E-state index in [1.54, 1.807) is 0 Å². The number of nitrogens with two attached hydrogens (primary N) is 1. The highest BCUT2D eigenvalue weighted by molar-refractivity contribution is 7.85. The van der Waals surface area contributed by atoms with Gasteiger partial charge in [-0.25, -0.2) is 15.8 Å². The molecule has 0 aliphatic carbocycles. The molecule has 18 heavy (non-hydrogen) atoms. The van der Waals surface area contributed by atoms with Crippen molar-refractivity contribution >= 4 is 22.4 Å². The lowest BCUT2D eigenvalue weighted by molar-refractivity contribution is 0.671. The molecule has 0 bridgehead atoms. The second-order valence-corrected chi connectivity index (χ2v) is 6.30. The van der Waals surface area contributed by atoms with Crippen LogP contribution in [0, 0.1) is 0 Å². The number of hydrogen-bond donors (Lipinski definition) is 2. The van der Waals surface area contributed by atoms with Gasteiger partial charge in [-0.05, 0) is 0 Å². The fraction of sp³-hybridized carbons (Fsp3) is 0.636. The highest BCUT2D eigenvalue weighted by Gasteiger charge is 2.18. The lowest BCUT2D eigenvalue weighted by Crippen LogP contribution is -2.38. The average molecular weight is 269 g/mol. The molecule has 0 spiro atoms. The first-order valence-corrected chi connectivity index (χ1v) is 7.54. The molecule has 0 aromatic carbocycles. The standard InChI is InChI=1S/C11H19N5OS/c1-8(2)11-13-9(15-12)7-10(14-11)16-3-5-18(17)6-4-16/h7-8H,3-6,12H2,1-2H3,(H,13,14,15). The summed E-state index contributed by atoms with van der Waals surface area (Å²) >= 11 is 0. The first kappa shape index (κ1) is 13.2. The van der Waals surface area contributed by atoms with E-state index in [0.29, 0.717) is 17.3 Å². The topological polar surface area (TPSA) is 84.1 Å². The van der Waals surface area contributed by atoms with Crippen LogP contribution >= 0.6 is 0 Å². The van der Waals surface area contributed by atoms with Crippen molar-refractivity contribution in [3.8, 4) is 0 Å². The monoisotopic (exact) mass is 269 g/mol. The van der Waals surface area contributed by atoms with Crippen molar-refractivity contribution in [3.63, 3.8) is 0 Å². The maximum Gasteiger partial charge on any atom is 0.145 e. The Morgan fingerprint density at radius 1 is 1.39 bits per heavy atom. The van der Waals surface area contributed by atoms with Crippen molar-refractivity contribution < 1.29 is 4.21 Å². The summed E-state index contributed by atoms with van der Waals surface area (Å²) in [5.41, 5.74) is 2.57. The summed E-state index contributed by atoms with van der Waals surface area (Å²) < 4.78 is 11.4. The van der Waals surface area contributed by atoms with Crippen molar-refractivity contribution in [2.45, 2.75) is 19.8 Å². The van der Waals surface area contributed by atoms with Crippen molar-refractivity contribution in [1.29, 1.82) is 0 Å². The largest absolute Gasteiger partial charge is 0.355 e. The van der Waals surface area contributed by atoms with Crippen LogP contribution in [-0.4, -0.2) is 38.8 Å². The van der Waals surface area contributed by atoms with E-state index in [9.17, 15) is 4.21 Å². The van der Waals surface area contributed by atoms with Crippen LogP contribution in [0.15, 0.2) is 6.07 Å². The zero-order valence-corrected chi connectivity index (χ0v) is 11.5. The third-order valence-corrected chi connectivity index (χ3v) is 4.17. The number of aromatic nitrogens is 2. The molecule has 7 heteroatoms. The summed E-state index contributed by atoms with van der Waals surface area (Å²) in [5.74, 6) is 9.33. The molecular weight excluding hydrogens is 250 g/mol. The SMILES string of the molecule is CC(C)c1nc(NN)cc(N2CCS(=O)CC2)n1. The van der Waals surface area contributed by atoms with Gasteiger partial charge in [-0.2, -0.15) is 0 Å². The third-order valence-electron chi connectivity index (χ3n) is 2.90. The molecule has 0 atom stereocenters. The molecule has 1 saturated heterocycles. The zero-order valence-electron chi connectivity index (χ0n) is 10.7. The summed E-state index contributed by atoms with van der Waals surface area (Å²) in [6, 6.07) is 1.83. The Kier molecular flexibility index (Phi) is 4.13. The van der Waals surface area contributed by atoms with E-state index in [0.717, 1.165) is 24.7 Å². The molecule has 1 fully saturated rings. The molecule has 1 aromatic rings. The van der Waals surface area contributed by atoms with Crippen LogP contribution in [0.1, 0.15) is 25.6 Å². The summed E-state index contributed by atoms with van der Waals surface area (Å²) in [5, 5.41) is 0. The van der Waals surface area contributed by atoms with Crippen LogP contribution in [-0.2, 0) is 10.8 Å². The van der Waals surface area contributed by atoms with Crippen molar-refractivity contribution in [2.24, 2.45) is 5.84 Å². The maximum absolute atomic E-state index is 11.4. The number of nitrogen functional groups attached to an aromatic ring is 1. The fourth-order valence-corrected chi connectivity index (χ4v) is 2.87. The summed E-state index contributed by atoms with van der Waals surface area (Å²) in [6.07, 6.45) is 0. The lowest BCUT2D eigenvalue weighted by Gasteiger charge is -2.28. The second kappa shape index (κ2) is 5.62. The molecule has 2 heterocycles. The zero-order chi connectivity index (χ0) is 13.1. The quantitative estimate of drug-likeness (QED) is 0.612. The Morgan fingerprint density at radius 3 is 2.61 bits per heavy atom. The minimum absolute atomic E-state index is 0.246. The molecule has 1 aliphatic heterocycles. The van der Waals surface area contributed by atoms with E-state index in [2.05, 4.69) is 20.3 Å². The second-order valence-electron chi connectivity index (χ2n) is 4.60. The van der Waals surface area contributed by atoms with Crippen LogP contribution < -0.4 is 16.2 Å². The van der Waals surface area contributed by atoms with Gasteiger partial charge in [-0.3, -0.25) is 4.21 Å². The fourth-order valence-electron chi connectivity index (χ4n) is 1.81. The molecule has 6 nitrogen and oxygen atoms in total. The molecule has 0 radical (unpaired) electrons. The molecule has 0 amide bonds. The Balaban J connectivity index is 2.26. The Hall–Kier alpha value is -1.21. The smallest absolute Gasteiger partial charge is 0.145 e. The number of hydrogen-bond acceptors (Lipinski definition) is 6. The highest BCUT2D eigenvalue weighted by atomic mass is 32.2. The Bertz CT molecular complexity index is 441. The van der Waals surface area contributed by atoms with Crippen LogP contribution in [0.4, 0.5) is 11.6 Å². The number of nitrogens with one attached hydrogen (secondary N) is 1. The minimum atomic E-state index is -0.681. The molecule has 1 aliphatic rings. The molecule has 100 valence electrons. The maximum atomic E-state index is 11.4. The van der Waals surface area contributed by atoms with Gasteiger partial charge in [0, 0.05) is 47.4 Å². The van der Waals surface area contributed by atoms with Gasteiger partial charge >= 0.3 is 0 Å². The van der Waals surface area contributed by atoms with Gasteiger partial charge in [-0.15, -0.1) is 0 Å². The summed E-state index contributed by atoms with van der Waals surface area (Å²) in [4.78, 5) is 11.0. The van der Waals surface area contributed by atoms with Crippen molar-refractivity contribution in [1.82, 2.24) is 9.97 Å². The molecule has 2 rings (SSSR count). The van der Waals surface area contributed by atoms with E-state index in [1.807, 2.05) is 19.9 Å². The predicted molar refractivity (Wildman–Crippen MR) is 74.0 cm³/mol. The number of rotatable bonds is 3. The van der Waals surface area contributed by atoms with Gasteiger partial charge in [-0.1, -0.05) is 13.8 Å². The van der Waals surface area contributed by atoms with E-state index >= 15 is 0 Å². The third kappa shape index (κ3) is 2.97. The average Bonchev–Trinajstić information content (AvgIpc) is 2.39. The first-order chi connectivity index (χ1) is 8.60. The van der Waals surface area contributed by atoms with Gasteiger partial charge < -0.3 is 10.3 Å². The summed E-state index contributed by atoms with van der Waals surface area (Å²) in [6.45, 7) is 5.63. The number of nitrogens with zero attached hydrogens (tertiary/aromatic N) is 3. The van der Waals surface area contributed by atoms with Gasteiger partial charge in [0.15, 0.2) is 0 Å². The van der Waals surface area contributed by atoms with Gasteiger partial charge in [0.05, 0.1) is 0 Å². The van der Waals surface area contributed by atoms with Crippen LogP contribution in [0.5, 0.6) is 0 Å². The molecule has 3 N–H and O–H groups in total. The van der Waals surface area contributed by atoms with E-state index in [-0.39, 0.29) is 5.92 Å². The highest BCUT2D eigenvalue weighted by Crippen LogP contribution is 2.20. The first-order valence-electron chi connectivity index (χ1n) is 6.05. The van der Waals surface area contributed by atoms with Crippen LogP contribution in [0.2, 0.25) is 0 Å².